The predicted octanol–water partition coefficient (Wildman–Crippen LogP) is 4.27. The fourth-order valence-corrected chi connectivity index (χ4v) is 3.31. The van der Waals surface area contributed by atoms with Gasteiger partial charge in [-0.3, -0.25) is 4.68 Å². The van der Waals surface area contributed by atoms with Crippen molar-refractivity contribution in [2.75, 3.05) is 5.73 Å². The van der Waals surface area contributed by atoms with Gasteiger partial charge in [-0.25, -0.2) is 0 Å². The van der Waals surface area contributed by atoms with Crippen LogP contribution in [0, 0.1) is 5.92 Å². The minimum atomic E-state index is 0.562. The third-order valence-corrected chi connectivity index (χ3v) is 4.58. The van der Waals surface area contributed by atoms with Gasteiger partial charge in [0.15, 0.2) is 0 Å². The fourth-order valence-electron chi connectivity index (χ4n) is 3.31. The monoisotopic (exact) mass is 269 g/mol. The normalized spacial score (nSPS) is 22.9. The average Bonchev–Trinajstić information content (AvgIpc) is 2.97. The fraction of sp³-hybridized carbons (Fsp3) is 0.471. The van der Waals surface area contributed by atoms with Gasteiger partial charge in [0, 0.05) is 23.0 Å². The summed E-state index contributed by atoms with van der Waals surface area (Å²) in [4.78, 5) is 0. The summed E-state index contributed by atoms with van der Waals surface area (Å²) < 4.78 is 2.16. The number of nitrogen functional groups attached to an aromatic ring is 1. The average molecular weight is 269 g/mol. The molecule has 0 spiro atoms. The highest BCUT2D eigenvalue weighted by atomic mass is 15.3. The standard InChI is InChI=1S/C17H23N3/c1-2-13-6-5-7-15(10-13)20-12-14(11-19-20)16-8-3-4-9-17(16)18/h3-4,8-9,11-13,15H,2,5-7,10,18H2,1H3. The summed E-state index contributed by atoms with van der Waals surface area (Å²) in [5, 5.41) is 4.59. The lowest BCUT2D eigenvalue weighted by Gasteiger charge is -2.28. The van der Waals surface area contributed by atoms with Crippen LogP contribution in [0.5, 0.6) is 0 Å². The van der Waals surface area contributed by atoms with Gasteiger partial charge >= 0.3 is 0 Å². The lowest BCUT2D eigenvalue weighted by Crippen LogP contribution is -2.19. The number of para-hydroxylation sites is 1. The van der Waals surface area contributed by atoms with Crippen molar-refractivity contribution < 1.29 is 0 Å². The van der Waals surface area contributed by atoms with E-state index in [4.69, 9.17) is 5.73 Å². The van der Waals surface area contributed by atoms with Crippen LogP contribution in [0.2, 0.25) is 0 Å². The van der Waals surface area contributed by atoms with Gasteiger partial charge in [-0.2, -0.15) is 5.10 Å². The van der Waals surface area contributed by atoms with E-state index in [1.165, 1.54) is 32.1 Å². The Kier molecular flexibility index (Phi) is 3.77. The first-order chi connectivity index (χ1) is 9.78. The second-order valence-electron chi connectivity index (χ2n) is 5.89. The van der Waals surface area contributed by atoms with Crippen LogP contribution in [0.3, 0.4) is 0 Å². The quantitative estimate of drug-likeness (QED) is 0.845. The molecule has 0 bridgehead atoms. The number of aromatic nitrogens is 2. The molecule has 1 saturated carbocycles. The van der Waals surface area contributed by atoms with E-state index in [2.05, 4.69) is 29.0 Å². The van der Waals surface area contributed by atoms with Crippen LogP contribution in [0.4, 0.5) is 5.69 Å². The lowest BCUT2D eigenvalue weighted by atomic mass is 9.84. The van der Waals surface area contributed by atoms with Crippen LogP contribution >= 0.6 is 0 Å². The molecule has 2 unspecified atom stereocenters. The van der Waals surface area contributed by atoms with Crippen molar-refractivity contribution in [1.29, 1.82) is 0 Å². The van der Waals surface area contributed by atoms with E-state index in [1.54, 1.807) is 0 Å². The molecule has 1 fully saturated rings. The molecule has 3 heteroatoms. The molecule has 2 aromatic rings. The largest absolute Gasteiger partial charge is 0.398 e. The number of nitrogens with two attached hydrogens (primary N) is 1. The molecule has 2 N–H and O–H groups in total. The maximum Gasteiger partial charge on any atom is 0.0569 e. The Morgan fingerprint density at radius 2 is 2.15 bits per heavy atom. The van der Waals surface area contributed by atoms with Gasteiger partial charge in [0.2, 0.25) is 0 Å². The Balaban J connectivity index is 1.82. The molecule has 1 aliphatic carbocycles. The summed E-state index contributed by atoms with van der Waals surface area (Å²) in [6, 6.07) is 8.56. The molecule has 0 saturated heterocycles. The highest BCUT2D eigenvalue weighted by molar-refractivity contribution is 5.75. The predicted molar refractivity (Wildman–Crippen MR) is 83.4 cm³/mol. The zero-order valence-electron chi connectivity index (χ0n) is 12.1. The maximum atomic E-state index is 6.05. The molecule has 0 radical (unpaired) electrons. The second kappa shape index (κ2) is 5.70. The van der Waals surface area contributed by atoms with Crippen molar-refractivity contribution in [2.45, 2.75) is 45.1 Å². The van der Waals surface area contributed by atoms with E-state index in [-0.39, 0.29) is 0 Å². The Labute approximate surface area is 120 Å². The molecule has 3 nitrogen and oxygen atoms in total. The smallest absolute Gasteiger partial charge is 0.0569 e. The van der Waals surface area contributed by atoms with E-state index >= 15 is 0 Å². The molecule has 1 heterocycles. The van der Waals surface area contributed by atoms with E-state index in [1.807, 2.05) is 24.4 Å². The lowest BCUT2D eigenvalue weighted by molar-refractivity contribution is 0.248. The van der Waals surface area contributed by atoms with Gasteiger partial charge in [-0.1, -0.05) is 44.4 Å². The van der Waals surface area contributed by atoms with Crippen LogP contribution in [0.15, 0.2) is 36.7 Å². The molecule has 0 aliphatic heterocycles. The Bertz CT molecular complexity index is 573. The van der Waals surface area contributed by atoms with Crippen LogP contribution in [0.1, 0.15) is 45.1 Å². The van der Waals surface area contributed by atoms with E-state index < -0.39 is 0 Å². The minimum absolute atomic E-state index is 0.562. The molecule has 20 heavy (non-hydrogen) atoms. The second-order valence-corrected chi connectivity index (χ2v) is 5.89. The number of hydrogen-bond acceptors (Lipinski definition) is 2. The third kappa shape index (κ3) is 2.58. The Hall–Kier alpha value is -1.77. The van der Waals surface area contributed by atoms with Crippen molar-refractivity contribution in [3.63, 3.8) is 0 Å². The van der Waals surface area contributed by atoms with Crippen molar-refractivity contribution in [1.82, 2.24) is 9.78 Å². The number of anilines is 1. The maximum absolute atomic E-state index is 6.05. The molecule has 1 aromatic heterocycles. The van der Waals surface area contributed by atoms with Gasteiger partial charge in [-0.15, -0.1) is 0 Å². The first-order valence-corrected chi connectivity index (χ1v) is 7.67. The topological polar surface area (TPSA) is 43.8 Å². The zero-order valence-corrected chi connectivity index (χ0v) is 12.1. The molecule has 1 aliphatic rings. The number of rotatable bonds is 3. The van der Waals surface area contributed by atoms with Crippen molar-refractivity contribution in [3.05, 3.63) is 36.7 Å². The molecule has 106 valence electrons. The first kappa shape index (κ1) is 13.2. The summed E-state index contributed by atoms with van der Waals surface area (Å²) in [5.41, 5.74) is 9.08. The Morgan fingerprint density at radius 1 is 1.30 bits per heavy atom. The van der Waals surface area contributed by atoms with Crippen molar-refractivity contribution in [2.24, 2.45) is 5.92 Å². The number of nitrogens with zero attached hydrogens (tertiary/aromatic N) is 2. The summed E-state index contributed by atoms with van der Waals surface area (Å²) in [7, 11) is 0. The van der Waals surface area contributed by atoms with Gasteiger partial charge in [-0.05, 0) is 24.8 Å². The van der Waals surface area contributed by atoms with Crippen LogP contribution < -0.4 is 5.73 Å². The van der Waals surface area contributed by atoms with Crippen LogP contribution in [0.25, 0.3) is 11.1 Å². The van der Waals surface area contributed by atoms with E-state index in [9.17, 15) is 0 Å². The molecule has 1 aromatic carbocycles. The summed E-state index contributed by atoms with van der Waals surface area (Å²) >= 11 is 0. The molecule has 0 amide bonds. The highest BCUT2D eigenvalue weighted by Crippen LogP contribution is 2.35. The van der Waals surface area contributed by atoms with E-state index in [0.29, 0.717) is 6.04 Å². The van der Waals surface area contributed by atoms with Gasteiger partial charge in [0.1, 0.15) is 0 Å². The molecular weight excluding hydrogens is 246 g/mol. The molecular formula is C17H23N3. The van der Waals surface area contributed by atoms with Crippen molar-refractivity contribution >= 4 is 5.69 Å². The van der Waals surface area contributed by atoms with Crippen LogP contribution in [-0.2, 0) is 0 Å². The van der Waals surface area contributed by atoms with Gasteiger partial charge in [0.05, 0.1) is 12.2 Å². The first-order valence-electron chi connectivity index (χ1n) is 7.67. The highest BCUT2D eigenvalue weighted by Gasteiger charge is 2.22. The Morgan fingerprint density at radius 3 is 2.95 bits per heavy atom. The zero-order chi connectivity index (χ0) is 13.9. The third-order valence-electron chi connectivity index (χ3n) is 4.58. The number of hydrogen-bond donors (Lipinski definition) is 1. The van der Waals surface area contributed by atoms with Crippen LogP contribution in [-0.4, -0.2) is 9.78 Å². The summed E-state index contributed by atoms with van der Waals surface area (Å²) in [6.45, 7) is 2.30. The van der Waals surface area contributed by atoms with E-state index in [0.717, 1.165) is 22.7 Å². The molecule has 3 rings (SSSR count). The van der Waals surface area contributed by atoms with Gasteiger partial charge in [0.25, 0.3) is 0 Å². The number of benzene rings is 1. The minimum Gasteiger partial charge on any atom is -0.398 e. The van der Waals surface area contributed by atoms with Crippen molar-refractivity contribution in [3.8, 4) is 11.1 Å². The SMILES string of the molecule is CCC1CCCC(n2cc(-c3ccccc3N)cn2)C1. The summed E-state index contributed by atoms with van der Waals surface area (Å²) in [5.74, 6) is 0.864. The van der Waals surface area contributed by atoms with Gasteiger partial charge < -0.3 is 5.73 Å². The summed E-state index contributed by atoms with van der Waals surface area (Å²) in [6.07, 6.45) is 10.6. The molecule has 2 atom stereocenters.